The van der Waals surface area contributed by atoms with E-state index in [9.17, 15) is 9.59 Å². The van der Waals surface area contributed by atoms with Crippen molar-refractivity contribution < 1.29 is 19.4 Å². The number of ether oxygens (including phenoxy) is 1. The zero-order valence-electron chi connectivity index (χ0n) is 7.81. The summed E-state index contributed by atoms with van der Waals surface area (Å²) >= 11 is 0. The minimum Gasteiger partial charge on any atom is -0.481 e. The van der Waals surface area contributed by atoms with E-state index in [0.29, 0.717) is 19.5 Å². The average Bonchev–Trinajstić information content (AvgIpc) is 2.42. The molecule has 0 aromatic heterocycles. The van der Waals surface area contributed by atoms with Gasteiger partial charge in [-0.15, -0.1) is 0 Å². The quantitative estimate of drug-likeness (QED) is 0.726. The molecule has 5 nitrogen and oxygen atoms in total. The highest BCUT2D eigenvalue weighted by molar-refractivity contribution is 5.70. The maximum Gasteiger partial charge on any atom is 0.410 e. The van der Waals surface area contributed by atoms with Crippen LogP contribution in [0.3, 0.4) is 0 Å². The Kier molecular flexibility index (Phi) is 2.31. The Morgan fingerprint density at radius 1 is 1.64 bits per heavy atom. The number of aliphatic carboxylic acids is 1. The van der Waals surface area contributed by atoms with Crippen LogP contribution < -0.4 is 0 Å². The lowest BCUT2D eigenvalue weighted by molar-refractivity contribution is -0.137. The highest BCUT2D eigenvalue weighted by Gasteiger charge is 2.40. The van der Waals surface area contributed by atoms with Gasteiger partial charge in [0.15, 0.2) is 0 Å². The summed E-state index contributed by atoms with van der Waals surface area (Å²) in [6.45, 7) is 1.35. The Morgan fingerprint density at radius 3 is 3.14 bits per heavy atom. The van der Waals surface area contributed by atoms with E-state index in [1.807, 2.05) is 0 Å². The maximum absolute atomic E-state index is 11.1. The van der Waals surface area contributed by atoms with Crippen LogP contribution in [0.2, 0.25) is 0 Å². The van der Waals surface area contributed by atoms with Gasteiger partial charge in [0.25, 0.3) is 0 Å². The van der Waals surface area contributed by atoms with Crippen LogP contribution in [0.5, 0.6) is 0 Å². The Hall–Kier alpha value is -1.26. The van der Waals surface area contributed by atoms with Crippen LogP contribution >= 0.6 is 0 Å². The number of nitrogens with zero attached hydrogens (tertiary/aromatic N) is 1. The number of rotatable bonds is 3. The first kappa shape index (κ1) is 9.30. The Balaban J connectivity index is 1.89. The molecule has 2 saturated heterocycles. The summed E-state index contributed by atoms with van der Waals surface area (Å²) in [6.07, 6.45) is 1.33. The third-order valence-electron chi connectivity index (χ3n) is 2.94. The van der Waals surface area contributed by atoms with E-state index >= 15 is 0 Å². The summed E-state index contributed by atoms with van der Waals surface area (Å²) in [5.41, 5.74) is 0. The second-order valence-corrected chi connectivity index (χ2v) is 3.85. The summed E-state index contributed by atoms with van der Waals surface area (Å²) in [4.78, 5) is 23.2. The summed E-state index contributed by atoms with van der Waals surface area (Å²) in [7, 11) is 0. The number of amides is 1. The Bertz CT molecular complexity index is 266. The minimum atomic E-state index is -0.781. The fourth-order valence-electron chi connectivity index (χ4n) is 2.11. The van der Waals surface area contributed by atoms with Crippen molar-refractivity contribution in [3.8, 4) is 0 Å². The number of hydrogen-bond acceptors (Lipinski definition) is 3. The lowest BCUT2D eigenvalue weighted by atomic mass is 9.90. The predicted octanol–water partition coefficient (Wildman–Crippen LogP) is 0.692. The molecular formula is C9H13NO4. The molecule has 1 amide bonds. The molecule has 1 N–H and O–H groups in total. The van der Waals surface area contributed by atoms with E-state index in [-0.39, 0.29) is 24.5 Å². The third kappa shape index (κ3) is 1.66. The number of hydrogen-bond donors (Lipinski definition) is 1. The maximum atomic E-state index is 11.1. The van der Waals surface area contributed by atoms with Crippen LogP contribution in [-0.4, -0.2) is 41.3 Å². The van der Waals surface area contributed by atoms with Gasteiger partial charge in [0.05, 0.1) is 6.54 Å². The summed E-state index contributed by atoms with van der Waals surface area (Å²) in [5.74, 6) is -0.550. The van der Waals surface area contributed by atoms with E-state index in [2.05, 4.69) is 0 Å². The van der Waals surface area contributed by atoms with E-state index in [1.165, 1.54) is 0 Å². The van der Waals surface area contributed by atoms with Crippen molar-refractivity contribution in [2.24, 2.45) is 5.92 Å². The smallest absolute Gasteiger partial charge is 0.410 e. The van der Waals surface area contributed by atoms with Gasteiger partial charge < -0.3 is 14.7 Å². The molecule has 2 fully saturated rings. The van der Waals surface area contributed by atoms with E-state index < -0.39 is 5.97 Å². The van der Waals surface area contributed by atoms with Gasteiger partial charge in [-0.25, -0.2) is 4.79 Å². The molecule has 0 aromatic rings. The van der Waals surface area contributed by atoms with Crippen molar-refractivity contribution in [1.29, 1.82) is 0 Å². The molecule has 5 heteroatoms. The lowest BCUT2D eigenvalue weighted by Crippen LogP contribution is -2.36. The number of piperidine rings is 1. The van der Waals surface area contributed by atoms with Gasteiger partial charge in [-0.2, -0.15) is 0 Å². The molecule has 2 bridgehead atoms. The van der Waals surface area contributed by atoms with Gasteiger partial charge in [0, 0.05) is 18.9 Å². The summed E-state index contributed by atoms with van der Waals surface area (Å²) in [6, 6.07) is 0. The molecule has 0 aromatic carbocycles. The highest BCUT2D eigenvalue weighted by atomic mass is 16.6. The van der Waals surface area contributed by atoms with Crippen LogP contribution in [-0.2, 0) is 9.53 Å². The van der Waals surface area contributed by atoms with E-state index in [0.717, 1.165) is 6.42 Å². The van der Waals surface area contributed by atoms with E-state index in [4.69, 9.17) is 9.84 Å². The van der Waals surface area contributed by atoms with Crippen LogP contribution in [0, 0.1) is 5.92 Å². The number of carboxylic acids is 1. The van der Waals surface area contributed by atoms with Crippen LogP contribution in [0.1, 0.15) is 19.3 Å². The number of carboxylic acid groups (broad SMARTS) is 1. The summed E-state index contributed by atoms with van der Waals surface area (Å²) in [5, 5.41) is 8.55. The van der Waals surface area contributed by atoms with E-state index in [1.54, 1.807) is 4.90 Å². The first-order valence-corrected chi connectivity index (χ1v) is 4.84. The second kappa shape index (κ2) is 3.48. The van der Waals surface area contributed by atoms with Crippen LogP contribution in [0.4, 0.5) is 4.79 Å². The Morgan fingerprint density at radius 2 is 2.43 bits per heavy atom. The van der Waals surface area contributed by atoms with Crippen molar-refractivity contribution in [2.45, 2.75) is 25.4 Å². The molecule has 0 aliphatic carbocycles. The van der Waals surface area contributed by atoms with Gasteiger partial charge in [-0.1, -0.05) is 0 Å². The van der Waals surface area contributed by atoms with Crippen LogP contribution in [0.25, 0.3) is 0 Å². The Labute approximate surface area is 81.6 Å². The molecule has 0 saturated carbocycles. The molecule has 0 unspecified atom stereocenters. The van der Waals surface area contributed by atoms with Gasteiger partial charge in [0.2, 0.25) is 0 Å². The van der Waals surface area contributed by atoms with Gasteiger partial charge in [-0.3, -0.25) is 4.79 Å². The number of carbonyl (C=O) groups excluding carboxylic acids is 1. The highest BCUT2D eigenvalue weighted by Crippen LogP contribution is 2.30. The molecule has 0 radical (unpaired) electrons. The van der Waals surface area contributed by atoms with Gasteiger partial charge in [-0.05, 0) is 12.8 Å². The van der Waals surface area contributed by atoms with Crippen molar-refractivity contribution in [3.63, 3.8) is 0 Å². The first-order valence-electron chi connectivity index (χ1n) is 4.84. The molecule has 2 aliphatic rings. The molecule has 0 spiro atoms. The second-order valence-electron chi connectivity index (χ2n) is 3.85. The molecule has 2 atom stereocenters. The third-order valence-corrected chi connectivity index (χ3v) is 2.94. The molecule has 2 rings (SSSR count). The minimum absolute atomic E-state index is 0.0735. The van der Waals surface area contributed by atoms with Crippen molar-refractivity contribution in [1.82, 2.24) is 4.90 Å². The monoisotopic (exact) mass is 199 g/mol. The zero-order valence-corrected chi connectivity index (χ0v) is 7.81. The SMILES string of the molecule is O=C(O)CC[C@@H]1CCN2C[C@@H]1OC2=O. The van der Waals surface area contributed by atoms with Crippen molar-refractivity contribution in [3.05, 3.63) is 0 Å². The molecular weight excluding hydrogens is 186 g/mol. The molecule has 14 heavy (non-hydrogen) atoms. The van der Waals surface area contributed by atoms with Crippen molar-refractivity contribution in [2.75, 3.05) is 13.1 Å². The van der Waals surface area contributed by atoms with Gasteiger partial charge >= 0.3 is 12.1 Å². The van der Waals surface area contributed by atoms with Gasteiger partial charge in [0.1, 0.15) is 6.10 Å². The number of fused-ring (bicyclic) bond motifs is 2. The normalized spacial score (nSPS) is 30.3. The molecule has 2 aliphatic heterocycles. The predicted molar refractivity (Wildman–Crippen MR) is 46.8 cm³/mol. The lowest BCUT2D eigenvalue weighted by Gasteiger charge is -2.26. The topological polar surface area (TPSA) is 66.8 Å². The fourth-order valence-corrected chi connectivity index (χ4v) is 2.11. The fraction of sp³-hybridized carbons (Fsp3) is 0.778. The average molecular weight is 199 g/mol. The molecule has 78 valence electrons. The number of carbonyl (C=O) groups is 2. The standard InChI is InChI=1S/C9H13NO4/c11-8(12)2-1-6-3-4-10-5-7(6)14-9(10)13/h6-7H,1-5H2,(H,11,12)/t6-,7+/m1/s1. The largest absolute Gasteiger partial charge is 0.481 e. The first-order chi connectivity index (χ1) is 6.66. The molecule has 2 heterocycles. The summed E-state index contributed by atoms with van der Waals surface area (Å²) < 4.78 is 5.12. The zero-order chi connectivity index (χ0) is 10.1. The van der Waals surface area contributed by atoms with Crippen molar-refractivity contribution >= 4 is 12.1 Å². The van der Waals surface area contributed by atoms with Crippen LogP contribution in [0.15, 0.2) is 0 Å².